The fourth-order valence-electron chi connectivity index (χ4n) is 2.62. The lowest BCUT2D eigenvalue weighted by atomic mass is 9.89. The van der Waals surface area contributed by atoms with Crippen molar-refractivity contribution >= 4 is 17.7 Å². The Bertz CT molecular complexity index is 543. The number of phenolic OH excluding ortho intramolecular Hbond substituents is 1. The number of carbonyl (C=O) groups excluding carboxylic acids is 1. The highest BCUT2D eigenvalue weighted by atomic mass is 16.4. The van der Waals surface area contributed by atoms with Crippen LogP contribution in [0.15, 0.2) is 24.3 Å². The number of rotatable bonds is 2. The Morgan fingerprint density at radius 2 is 1.86 bits per heavy atom. The summed E-state index contributed by atoms with van der Waals surface area (Å²) < 4.78 is 0. The zero-order valence-electron chi connectivity index (χ0n) is 12.2. The molecule has 0 aliphatic carbocycles. The van der Waals surface area contributed by atoms with Gasteiger partial charge in [-0.2, -0.15) is 0 Å². The Balaban J connectivity index is 2.24. The quantitative estimate of drug-likeness (QED) is 0.876. The molecule has 2 N–H and O–H groups in total. The Morgan fingerprint density at radius 1 is 1.24 bits per heavy atom. The van der Waals surface area contributed by atoms with Crippen LogP contribution in [0.25, 0.3) is 0 Å². The van der Waals surface area contributed by atoms with Gasteiger partial charge in [-0.15, -0.1) is 0 Å². The van der Waals surface area contributed by atoms with Crippen molar-refractivity contribution in [2.75, 3.05) is 18.5 Å². The second kappa shape index (κ2) is 5.63. The first-order valence-electron chi connectivity index (χ1n) is 6.94. The van der Waals surface area contributed by atoms with Gasteiger partial charge >= 0.3 is 12.0 Å². The third kappa shape index (κ3) is 2.79. The fraction of sp³-hybridized carbons (Fsp3) is 0.467. The maximum absolute atomic E-state index is 12.6. The number of amides is 2. The molecule has 1 aliphatic rings. The molecule has 21 heavy (non-hydrogen) atoms. The van der Waals surface area contributed by atoms with Crippen LogP contribution in [0.4, 0.5) is 10.5 Å². The molecule has 1 heterocycles. The van der Waals surface area contributed by atoms with Crippen LogP contribution >= 0.6 is 0 Å². The third-order valence-electron chi connectivity index (χ3n) is 4.11. The molecule has 0 saturated carbocycles. The van der Waals surface area contributed by atoms with Crippen LogP contribution < -0.4 is 4.90 Å². The van der Waals surface area contributed by atoms with Gasteiger partial charge in [0, 0.05) is 19.3 Å². The van der Waals surface area contributed by atoms with Gasteiger partial charge in [0.15, 0.2) is 0 Å². The SMILES string of the molecule is CN(C(=O)N1CCCCC1(C)C(=O)O)c1ccc(O)cc1. The summed E-state index contributed by atoms with van der Waals surface area (Å²) in [5.74, 6) is -0.859. The summed E-state index contributed by atoms with van der Waals surface area (Å²) in [5.41, 5.74) is -0.559. The summed E-state index contributed by atoms with van der Waals surface area (Å²) in [6.45, 7) is 2.03. The Kier molecular flexibility index (Phi) is 4.06. The fourth-order valence-corrected chi connectivity index (χ4v) is 2.62. The van der Waals surface area contributed by atoms with E-state index in [1.54, 1.807) is 26.1 Å². The second-order valence-corrected chi connectivity index (χ2v) is 5.55. The molecular weight excluding hydrogens is 272 g/mol. The van der Waals surface area contributed by atoms with Crippen LogP contribution in [0.3, 0.4) is 0 Å². The standard InChI is InChI=1S/C15H20N2O4/c1-15(13(19)20)9-3-4-10-17(15)14(21)16(2)11-5-7-12(18)8-6-11/h5-8,18H,3-4,9-10H2,1-2H3,(H,19,20). The van der Waals surface area contributed by atoms with Gasteiger partial charge in [0.1, 0.15) is 11.3 Å². The van der Waals surface area contributed by atoms with E-state index in [-0.39, 0.29) is 11.8 Å². The van der Waals surface area contributed by atoms with Crippen LogP contribution in [0.1, 0.15) is 26.2 Å². The normalized spacial score (nSPS) is 21.9. The summed E-state index contributed by atoms with van der Waals surface area (Å²) in [5, 5.41) is 18.8. The molecule has 1 atom stereocenters. The summed E-state index contributed by atoms with van der Waals surface area (Å²) in [4.78, 5) is 27.0. The van der Waals surface area contributed by atoms with Gasteiger partial charge < -0.3 is 15.1 Å². The van der Waals surface area contributed by atoms with Crippen LogP contribution in [0, 0.1) is 0 Å². The molecule has 0 aromatic heterocycles. The lowest BCUT2D eigenvalue weighted by Gasteiger charge is -2.43. The zero-order valence-corrected chi connectivity index (χ0v) is 12.2. The van der Waals surface area contributed by atoms with Crippen molar-refractivity contribution in [1.29, 1.82) is 0 Å². The van der Waals surface area contributed by atoms with Crippen molar-refractivity contribution in [3.63, 3.8) is 0 Å². The Morgan fingerprint density at radius 3 is 2.43 bits per heavy atom. The molecular formula is C15H20N2O4. The van der Waals surface area contributed by atoms with E-state index < -0.39 is 11.5 Å². The molecule has 0 bridgehead atoms. The van der Waals surface area contributed by atoms with Crippen molar-refractivity contribution in [2.24, 2.45) is 0 Å². The minimum Gasteiger partial charge on any atom is -0.508 e. The summed E-state index contributed by atoms with van der Waals surface area (Å²) in [7, 11) is 1.60. The van der Waals surface area contributed by atoms with Gasteiger partial charge in [0.2, 0.25) is 0 Å². The van der Waals surface area contributed by atoms with Crippen LogP contribution in [-0.2, 0) is 4.79 Å². The van der Waals surface area contributed by atoms with E-state index >= 15 is 0 Å². The molecule has 1 aliphatic heterocycles. The van der Waals surface area contributed by atoms with Crippen molar-refractivity contribution < 1.29 is 19.8 Å². The van der Waals surface area contributed by atoms with E-state index in [1.807, 2.05) is 0 Å². The molecule has 1 aromatic carbocycles. The number of hydrogen-bond donors (Lipinski definition) is 2. The van der Waals surface area contributed by atoms with Crippen molar-refractivity contribution in [2.45, 2.75) is 31.7 Å². The zero-order chi connectivity index (χ0) is 15.6. The highest BCUT2D eigenvalue weighted by Crippen LogP contribution is 2.30. The maximum Gasteiger partial charge on any atom is 0.329 e. The number of nitrogens with zero attached hydrogens (tertiary/aromatic N) is 2. The first-order chi connectivity index (χ1) is 9.86. The molecule has 1 unspecified atom stereocenters. The van der Waals surface area contributed by atoms with E-state index in [2.05, 4.69) is 0 Å². The van der Waals surface area contributed by atoms with Crippen molar-refractivity contribution in [3.05, 3.63) is 24.3 Å². The van der Waals surface area contributed by atoms with Gasteiger partial charge in [-0.05, 0) is 50.5 Å². The number of carboxylic acids is 1. The average Bonchev–Trinajstić information content (AvgIpc) is 2.47. The monoisotopic (exact) mass is 292 g/mol. The third-order valence-corrected chi connectivity index (χ3v) is 4.11. The smallest absolute Gasteiger partial charge is 0.329 e. The highest BCUT2D eigenvalue weighted by molar-refractivity contribution is 5.95. The number of phenols is 1. The van der Waals surface area contributed by atoms with Crippen molar-refractivity contribution in [3.8, 4) is 5.75 Å². The molecule has 2 amide bonds. The molecule has 1 aromatic rings. The van der Waals surface area contributed by atoms with Gasteiger partial charge in [-0.25, -0.2) is 9.59 Å². The lowest BCUT2D eigenvalue weighted by Crippen LogP contribution is -2.60. The maximum atomic E-state index is 12.6. The predicted molar refractivity (Wildman–Crippen MR) is 78.5 cm³/mol. The topological polar surface area (TPSA) is 81.1 Å². The Hall–Kier alpha value is -2.24. The average molecular weight is 292 g/mol. The first-order valence-corrected chi connectivity index (χ1v) is 6.94. The number of hydrogen-bond acceptors (Lipinski definition) is 3. The lowest BCUT2D eigenvalue weighted by molar-refractivity contribution is -0.150. The number of aromatic hydroxyl groups is 1. The van der Waals surface area contributed by atoms with Gasteiger partial charge in [0.05, 0.1) is 0 Å². The number of anilines is 1. The minimum absolute atomic E-state index is 0.118. The molecule has 0 spiro atoms. The molecule has 6 nitrogen and oxygen atoms in total. The highest BCUT2D eigenvalue weighted by Gasteiger charge is 2.44. The molecule has 1 saturated heterocycles. The number of urea groups is 1. The number of aliphatic carboxylic acids is 1. The van der Waals surface area contributed by atoms with E-state index in [0.29, 0.717) is 18.7 Å². The van der Waals surface area contributed by atoms with E-state index in [9.17, 15) is 19.8 Å². The van der Waals surface area contributed by atoms with Gasteiger partial charge in [-0.1, -0.05) is 0 Å². The van der Waals surface area contributed by atoms with E-state index in [0.717, 1.165) is 12.8 Å². The molecule has 0 radical (unpaired) electrons. The first kappa shape index (κ1) is 15.2. The van der Waals surface area contributed by atoms with Gasteiger partial charge in [-0.3, -0.25) is 4.90 Å². The number of benzene rings is 1. The van der Waals surface area contributed by atoms with Crippen LogP contribution in [0.5, 0.6) is 5.75 Å². The number of carbonyl (C=O) groups is 2. The number of carboxylic acid groups (broad SMARTS) is 1. The molecule has 2 rings (SSSR count). The van der Waals surface area contributed by atoms with Crippen LogP contribution in [0.2, 0.25) is 0 Å². The van der Waals surface area contributed by atoms with Crippen LogP contribution in [-0.4, -0.2) is 46.2 Å². The number of piperidine rings is 1. The summed E-state index contributed by atoms with van der Waals surface area (Å²) in [6, 6.07) is 5.88. The second-order valence-electron chi connectivity index (χ2n) is 5.55. The summed E-state index contributed by atoms with van der Waals surface area (Å²) in [6.07, 6.45) is 2.06. The van der Waals surface area contributed by atoms with E-state index in [4.69, 9.17) is 0 Å². The molecule has 6 heteroatoms. The minimum atomic E-state index is -1.17. The van der Waals surface area contributed by atoms with Crippen molar-refractivity contribution in [1.82, 2.24) is 4.90 Å². The largest absolute Gasteiger partial charge is 0.508 e. The number of likely N-dealkylation sites (tertiary alicyclic amines) is 1. The van der Waals surface area contributed by atoms with E-state index in [1.165, 1.54) is 21.9 Å². The van der Waals surface area contributed by atoms with Gasteiger partial charge in [0.25, 0.3) is 0 Å². The predicted octanol–water partition coefficient (Wildman–Crippen LogP) is 2.28. The molecule has 1 fully saturated rings. The summed E-state index contributed by atoms with van der Waals surface area (Å²) >= 11 is 0. The molecule has 114 valence electrons. The Labute approximate surface area is 123 Å².